The Kier molecular flexibility index (Phi) is 5.29. The van der Waals surface area contributed by atoms with Gasteiger partial charge in [-0.05, 0) is 47.9 Å². The maximum Gasteiger partial charge on any atom is 0.251 e. The molecule has 2 rings (SSSR count). The van der Waals surface area contributed by atoms with Gasteiger partial charge in [0.2, 0.25) is 0 Å². The molecular weight excluding hydrogens is 290 g/mol. The van der Waals surface area contributed by atoms with Crippen molar-refractivity contribution in [3.8, 4) is 5.69 Å². The van der Waals surface area contributed by atoms with Crippen molar-refractivity contribution in [2.45, 2.75) is 18.2 Å². The topological polar surface area (TPSA) is 92.9 Å². The summed E-state index contributed by atoms with van der Waals surface area (Å²) in [5, 5.41) is 23.0. The van der Waals surface area contributed by atoms with Gasteiger partial charge < -0.3 is 10.4 Å². The average molecular weight is 307 g/mol. The minimum absolute atomic E-state index is 0.0190. The van der Waals surface area contributed by atoms with Crippen LogP contribution in [0.3, 0.4) is 0 Å². The molecule has 2 N–H and O–H groups in total. The van der Waals surface area contributed by atoms with E-state index < -0.39 is 0 Å². The van der Waals surface area contributed by atoms with Crippen molar-refractivity contribution in [2.75, 3.05) is 12.9 Å². The van der Waals surface area contributed by atoms with Gasteiger partial charge in [-0.25, -0.2) is 4.68 Å². The molecule has 0 fully saturated rings. The van der Waals surface area contributed by atoms with Crippen LogP contribution in [0, 0.1) is 0 Å². The number of carbonyl (C=O) groups is 1. The first-order valence-electron chi connectivity index (χ1n) is 6.43. The number of amides is 1. The third-order valence-corrected chi connectivity index (χ3v) is 4.31. The Hall–Kier alpha value is -1.93. The van der Waals surface area contributed by atoms with Crippen LogP contribution in [-0.4, -0.2) is 55.4 Å². The number of benzene rings is 1. The zero-order chi connectivity index (χ0) is 15.2. The quantitative estimate of drug-likeness (QED) is 0.807. The highest BCUT2D eigenvalue weighted by atomic mass is 32.2. The van der Waals surface area contributed by atoms with Gasteiger partial charge in [-0.2, -0.15) is 11.8 Å². The summed E-state index contributed by atoms with van der Waals surface area (Å²) in [5.41, 5.74) is 1.33. The first-order valence-corrected chi connectivity index (χ1v) is 7.72. The Bertz CT molecular complexity index is 569. The first kappa shape index (κ1) is 15.5. The number of aromatic nitrogens is 4. The third-order valence-electron chi connectivity index (χ3n) is 3.14. The van der Waals surface area contributed by atoms with Crippen LogP contribution in [-0.2, 0) is 0 Å². The number of nitrogens with one attached hydrogen (secondary N) is 1. The SMILES string of the molecule is CSC(CO)C(C)NC(=O)c1ccc(-n2cnnn2)cc1. The fourth-order valence-electron chi connectivity index (χ4n) is 1.86. The van der Waals surface area contributed by atoms with Crippen molar-refractivity contribution in [1.29, 1.82) is 0 Å². The van der Waals surface area contributed by atoms with Crippen LogP contribution < -0.4 is 5.32 Å². The van der Waals surface area contributed by atoms with E-state index in [4.69, 9.17) is 0 Å². The number of tetrazole rings is 1. The van der Waals surface area contributed by atoms with E-state index in [0.717, 1.165) is 5.69 Å². The predicted octanol–water partition coefficient (Wildman–Crippen LogP) is 0.504. The molecule has 0 bridgehead atoms. The minimum atomic E-state index is -0.168. The van der Waals surface area contributed by atoms with E-state index in [1.54, 1.807) is 24.3 Å². The fourth-order valence-corrected chi connectivity index (χ4v) is 2.49. The molecule has 1 aromatic heterocycles. The van der Waals surface area contributed by atoms with Crippen molar-refractivity contribution < 1.29 is 9.90 Å². The summed E-state index contributed by atoms with van der Waals surface area (Å²) in [7, 11) is 0. The lowest BCUT2D eigenvalue weighted by Crippen LogP contribution is -2.41. The van der Waals surface area contributed by atoms with Gasteiger partial charge in [0, 0.05) is 16.9 Å². The molecule has 0 aliphatic heterocycles. The van der Waals surface area contributed by atoms with Gasteiger partial charge >= 0.3 is 0 Å². The van der Waals surface area contributed by atoms with Crippen LogP contribution in [0.1, 0.15) is 17.3 Å². The Balaban J connectivity index is 2.03. The van der Waals surface area contributed by atoms with Crippen molar-refractivity contribution in [3.05, 3.63) is 36.2 Å². The van der Waals surface area contributed by atoms with E-state index >= 15 is 0 Å². The van der Waals surface area contributed by atoms with Gasteiger partial charge in [0.05, 0.1) is 12.3 Å². The average Bonchev–Trinajstić information content (AvgIpc) is 3.03. The van der Waals surface area contributed by atoms with E-state index in [9.17, 15) is 9.90 Å². The summed E-state index contributed by atoms with van der Waals surface area (Å²) in [6.07, 6.45) is 3.39. The monoisotopic (exact) mass is 307 g/mol. The summed E-state index contributed by atoms with van der Waals surface area (Å²) >= 11 is 1.53. The molecule has 112 valence electrons. The number of thioether (sulfide) groups is 1. The highest BCUT2D eigenvalue weighted by molar-refractivity contribution is 7.99. The zero-order valence-electron chi connectivity index (χ0n) is 11.8. The normalized spacial score (nSPS) is 13.7. The van der Waals surface area contributed by atoms with Gasteiger partial charge in [0.15, 0.2) is 0 Å². The molecule has 1 aromatic carbocycles. The third kappa shape index (κ3) is 3.79. The molecule has 2 aromatic rings. The van der Waals surface area contributed by atoms with Crippen LogP contribution in [0.2, 0.25) is 0 Å². The predicted molar refractivity (Wildman–Crippen MR) is 80.5 cm³/mol. The van der Waals surface area contributed by atoms with Gasteiger partial charge in [0.25, 0.3) is 5.91 Å². The Morgan fingerprint density at radius 2 is 2.14 bits per heavy atom. The highest BCUT2D eigenvalue weighted by Gasteiger charge is 2.18. The minimum Gasteiger partial charge on any atom is -0.395 e. The van der Waals surface area contributed by atoms with E-state index in [1.807, 2.05) is 13.2 Å². The van der Waals surface area contributed by atoms with Crippen molar-refractivity contribution in [1.82, 2.24) is 25.5 Å². The molecule has 21 heavy (non-hydrogen) atoms. The first-order chi connectivity index (χ1) is 10.2. The zero-order valence-corrected chi connectivity index (χ0v) is 12.6. The second-order valence-corrected chi connectivity index (χ2v) is 5.60. The molecule has 0 aliphatic rings. The molecule has 8 heteroatoms. The van der Waals surface area contributed by atoms with E-state index in [-0.39, 0.29) is 23.8 Å². The Morgan fingerprint density at radius 3 is 2.67 bits per heavy atom. The van der Waals surface area contributed by atoms with Gasteiger partial charge in [0.1, 0.15) is 6.33 Å². The van der Waals surface area contributed by atoms with Crippen LogP contribution in [0.15, 0.2) is 30.6 Å². The number of aliphatic hydroxyl groups is 1. The molecule has 0 saturated heterocycles. The second kappa shape index (κ2) is 7.19. The maximum absolute atomic E-state index is 12.1. The summed E-state index contributed by atoms with van der Waals surface area (Å²) in [4.78, 5) is 12.1. The molecular formula is C13H17N5O2S. The molecule has 7 nitrogen and oxygen atoms in total. The van der Waals surface area contributed by atoms with E-state index in [0.29, 0.717) is 5.56 Å². The lowest BCUT2D eigenvalue weighted by atomic mass is 10.1. The number of rotatable bonds is 6. The smallest absolute Gasteiger partial charge is 0.251 e. The van der Waals surface area contributed by atoms with Gasteiger partial charge in [-0.1, -0.05) is 0 Å². The van der Waals surface area contributed by atoms with Crippen LogP contribution >= 0.6 is 11.8 Å². The summed E-state index contributed by atoms with van der Waals surface area (Å²) in [6.45, 7) is 1.91. The van der Waals surface area contributed by atoms with E-state index in [1.165, 1.54) is 22.8 Å². The lowest BCUT2D eigenvalue weighted by molar-refractivity contribution is 0.0936. The van der Waals surface area contributed by atoms with Gasteiger partial charge in [-0.3, -0.25) is 4.79 Å². The second-order valence-electron chi connectivity index (χ2n) is 4.52. The summed E-state index contributed by atoms with van der Waals surface area (Å²) in [5.74, 6) is -0.168. The maximum atomic E-state index is 12.1. The van der Waals surface area contributed by atoms with Gasteiger partial charge in [-0.15, -0.1) is 5.10 Å². The number of aliphatic hydroxyl groups excluding tert-OH is 1. The summed E-state index contributed by atoms with van der Waals surface area (Å²) < 4.78 is 1.51. The molecule has 1 amide bonds. The number of hydrogen-bond acceptors (Lipinski definition) is 6. The van der Waals surface area contributed by atoms with Crippen LogP contribution in [0.25, 0.3) is 5.69 Å². The molecule has 0 spiro atoms. The van der Waals surface area contributed by atoms with Crippen LogP contribution in [0.4, 0.5) is 0 Å². The van der Waals surface area contributed by atoms with Crippen LogP contribution in [0.5, 0.6) is 0 Å². The van der Waals surface area contributed by atoms with Crippen molar-refractivity contribution >= 4 is 17.7 Å². The fraction of sp³-hybridized carbons (Fsp3) is 0.385. The molecule has 0 saturated carbocycles. The molecule has 2 atom stereocenters. The number of nitrogens with zero attached hydrogens (tertiary/aromatic N) is 4. The van der Waals surface area contributed by atoms with Crippen molar-refractivity contribution in [2.24, 2.45) is 0 Å². The Morgan fingerprint density at radius 1 is 1.43 bits per heavy atom. The molecule has 0 aliphatic carbocycles. The largest absolute Gasteiger partial charge is 0.395 e. The standard InChI is InChI=1S/C13H17N5O2S/c1-9(12(7-19)21-2)15-13(20)10-3-5-11(6-4-10)18-8-14-16-17-18/h3-6,8-9,12,19H,7H2,1-2H3,(H,15,20). The Labute approximate surface area is 126 Å². The molecule has 1 heterocycles. The summed E-state index contributed by atoms with van der Waals surface area (Å²) in [6, 6.07) is 6.86. The van der Waals surface area contributed by atoms with Crippen molar-refractivity contribution in [3.63, 3.8) is 0 Å². The number of hydrogen-bond donors (Lipinski definition) is 2. The highest BCUT2D eigenvalue weighted by Crippen LogP contribution is 2.12. The lowest BCUT2D eigenvalue weighted by Gasteiger charge is -2.21. The molecule has 2 unspecified atom stereocenters. The number of carbonyl (C=O) groups excluding carboxylic acids is 1. The van der Waals surface area contributed by atoms with E-state index in [2.05, 4.69) is 20.8 Å². The molecule has 0 radical (unpaired) electrons.